The van der Waals surface area contributed by atoms with Crippen LogP contribution in [0.2, 0.25) is 5.02 Å². The van der Waals surface area contributed by atoms with Crippen LogP contribution in [0.5, 0.6) is 0 Å². The second kappa shape index (κ2) is 7.01. The number of nitrogens with one attached hydrogen (secondary N) is 1. The minimum atomic E-state index is -5.02. The molecule has 0 unspecified atom stereocenters. The molecule has 2 aromatic carbocycles. The summed E-state index contributed by atoms with van der Waals surface area (Å²) in [5.41, 5.74) is -3.03. The van der Waals surface area contributed by atoms with Gasteiger partial charge >= 0.3 is 6.18 Å². The number of hydrogen-bond acceptors (Lipinski definition) is 3. The van der Waals surface area contributed by atoms with Crippen molar-refractivity contribution in [1.82, 2.24) is 0 Å². The highest BCUT2D eigenvalue weighted by Gasteiger charge is 2.34. The number of rotatable bonds is 3. The van der Waals surface area contributed by atoms with E-state index in [4.69, 9.17) is 22.3 Å². The highest BCUT2D eigenvalue weighted by molar-refractivity contribution is 8.13. The summed E-state index contributed by atoms with van der Waals surface area (Å²) in [6.07, 6.45) is -5.02. The van der Waals surface area contributed by atoms with E-state index in [-0.39, 0.29) is 5.02 Å². The van der Waals surface area contributed by atoms with Crippen LogP contribution in [0.25, 0.3) is 0 Å². The van der Waals surface area contributed by atoms with E-state index in [1.165, 1.54) is 0 Å². The molecule has 0 radical (unpaired) electrons. The van der Waals surface area contributed by atoms with Gasteiger partial charge in [0, 0.05) is 21.4 Å². The summed E-state index contributed by atoms with van der Waals surface area (Å²) in [4.78, 5) is 11.0. The van der Waals surface area contributed by atoms with Crippen LogP contribution in [0.4, 0.5) is 27.6 Å². The molecule has 0 aromatic heterocycles. The molecule has 2 aromatic rings. The Morgan fingerprint density at radius 3 is 2.23 bits per heavy atom. The Morgan fingerprint density at radius 1 is 1.08 bits per heavy atom. The Hall–Kier alpha value is -1.91. The molecule has 0 aliphatic carbocycles. The molecule has 0 atom stereocenters. The minimum absolute atomic E-state index is 0.300. The van der Waals surface area contributed by atoms with Crippen molar-refractivity contribution in [3.05, 3.63) is 58.1 Å². The van der Waals surface area contributed by atoms with Gasteiger partial charge in [-0.2, -0.15) is 13.2 Å². The van der Waals surface area contributed by atoms with E-state index in [9.17, 15) is 35.2 Å². The first-order valence-electron chi connectivity index (χ1n) is 6.42. The first kappa shape index (κ1) is 20.4. The van der Waals surface area contributed by atoms with Crippen molar-refractivity contribution in [1.29, 1.82) is 0 Å². The van der Waals surface area contributed by atoms with E-state index in [0.717, 1.165) is 12.1 Å². The molecule has 0 fully saturated rings. The van der Waals surface area contributed by atoms with Crippen molar-refractivity contribution < 1.29 is 35.2 Å². The number of halogens is 7. The number of anilines is 1. The summed E-state index contributed by atoms with van der Waals surface area (Å²) in [5.74, 6) is -4.42. The van der Waals surface area contributed by atoms with Gasteiger partial charge in [-0.15, -0.1) is 0 Å². The molecule has 0 bridgehead atoms. The second-order valence-electron chi connectivity index (χ2n) is 4.85. The lowest BCUT2D eigenvalue weighted by Gasteiger charge is -2.12. The van der Waals surface area contributed by atoms with E-state index in [1.807, 2.05) is 5.32 Å². The van der Waals surface area contributed by atoms with Gasteiger partial charge in [-0.05, 0) is 30.3 Å². The standard InChI is InChI=1S/C14H6Cl2F5NO3S/c15-6-3-8(12(18)11(4-6)26(16,24)25)13(23)22-7-1-2-10(17)9(5-7)14(19,20)21/h1-5H,(H,22,23). The monoisotopic (exact) mass is 433 g/mol. The average molecular weight is 434 g/mol. The van der Waals surface area contributed by atoms with Gasteiger partial charge in [-0.1, -0.05) is 11.6 Å². The summed E-state index contributed by atoms with van der Waals surface area (Å²) in [7, 11) is 0.454. The zero-order valence-corrected chi connectivity index (χ0v) is 14.5. The molecule has 0 saturated heterocycles. The Balaban J connectivity index is 2.45. The second-order valence-corrected chi connectivity index (χ2v) is 7.82. The highest BCUT2D eigenvalue weighted by atomic mass is 35.7. The topological polar surface area (TPSA) is 63.2 Å². The van der Waals surface area contributed by atoms with Crippen LogP contribution in [0, 0.1) is 11.6 Å². The molecule has 0 saturated carbocycles. The average Bonchev–Trinajstić information content (AvgIpc) is 2.48. The summed E-state index contributed by atoms with van der Waals surface area (Å²) in [6.45, 7) is 0. The van der Waals surface area contributed by atoms with Crippen molar-refractivity contribution in [2.45, 2.75) is 11.1 Å². The molecule has 0 spiro atoms. The van der Waals surface area contributed by atoms with Crippen molar-refractivity contribution in [3.63, 3.8) is 0 Å². The number of alkyl halides is 3. The number of carbonyl (C=O) groups is 1. The smallest absolute Gasteiger partial charge is 0.322 e. The number of hydrogen-bond donors (Lipinski definition) is 1. The fourth-order valence-corrected chi connectivity index (χ4v) is 3.14. The Bertz CT molecular complexity index is 993. The van der Waals surface area contributed by atoms with E-state index in [0.29, 0.717) is 18.2 Å². The van der Waals surface area contributed by atoms with Crippen LogP contribution in [-0.2, 0) is 15.2 Å². The van der Waals surface area contributed by atoms with Crippen LogP contribution >= 0.6 is 22.3 Å². The third kappa shape index (κ3) is 4.43. The number of carbonyl (C=O) groups excluding carboxylic acids is 1. The quantitative estimate of drug-likeness (QED) is 0.557. The maximum Gasteiger partial charge on any atom is 0.419 e. The zero-order valence-electron chi connectivity index (χ0n) is 12.2. The Kier molecular flexibility index (Phi) is 5.50. The molecule has 0 aliphatic rings. The van der Waals surface area contributed by atoms with Gasteiger partial charge in [0.25, 0.3) is 15.0 Å². The van der Waals surface area contributed by atoms with Crippen LogP contribution in [-0.4, -0.2) is 14.3 Å². The number of benzene rings is 2. The zero-order chi connectivity index (χ0) is 19.9. The first-order valence-corrected chi connectivity index (χ1v) is 9.11. The summed E-state index contributed by atoms with van der Waals surface area (Å²) in [5, 5.41) is 1.55. The molecule has 4 nitrogen and oxygen atoms in total. The summed E-state index contributed by atoms with van der Waals surface area (Å²) in [6, 6.07) is 2.99. The van der Waals surface area contributed by atoms with Gasteiger partial charge in [-0.3, -0.25) is 4.79 Å². The van der Waals surface area contributed by atoms with Gasteiger partial charge in [0.05, 0.1) is 11.1 Å². The fraction of sp³-hybridized carbons (Fsp3) is 0.0714. The van der Waals surface area contributed by atoms with E-state index in [2.05, 4.69) is 0 Å². The van der Waals surface area contributed by atoms with Gasteiger partial charge < -0.3 is 5.32 Å². The minimum Gasteiger partial charge on any atom is -0.322 e. The van der Waals surface area contributed by atoms with Crippen LogP contribution < -0.4 is 5.32 Å². The number of amides is 1. The largest absolute Gasteiger partial charge is 0.419 e. The van der Waals surface area contributed by atoms with Gasteiger partial charge in [-0.25, -0.2) is 17.2 Å². The van der Waals surface area contributed by atoms with E-state index < -0.39 is 54.5 Å². The lowest BCUT2D eigenvalue weighted by atomic mass is 10.1. The Labute approximate surface area is 152 Å². The highest BCUT2D eigenvalue weighted by Crippen LogP contribution is 2.33. The summed E-state index contributed by atoms with van der Waals surface area (Å²) >= 11 is 5.61. The predicted molar refractivity (Wildman–Crippen MR) is 83.8 cm³/mol. The molecule has 1 N–H and O–H groups in total. The molecular weight excluding hydrogens is 428 g/mol. The molecule has 0 heterocycles. The van der Waals surface area contributed by atoms with Crippen LogP contribution in [0.3, 0.4) is 0 Å². The van der Waals surface area contributed by atoms with Crippen molar-refractivity contribution in [3.8, 4) is 0 Å². The van der Waals surface area contributed by atoms with E-state index >= 15 is 0 Å². The molecule has 2 rings (SSSR count). The molecule has 1 amide bonds. The van der Waals surface area contributed by atoms with Crippen molar-refractivity contribution >= 4 is 42.9 Å². The van der Waals surface area contributed by atoms with Gasteiger partial charge in [0.15, 0.2) is 5.82 Å². The maximum absolute atomic E-state index is 14.2. The fourth-order valence-electron chi connectivity index (χ4n) is 1.93. The van der Waals surface area contributed by atoms with Gasteiger partial charge in [0.2, 0.25) is 0 Å². The maximum atomic E-state index is 14.2. The molecule has 26 heavy (non-hydrogen) atoms. The van der Waals surface area contributed by atoms with Crippen molar-refractivity contribution in [2.75, 3.05) is 5.32 Å². The molecule has 0 aliphatic heterocycles. The lowest BCUT2D eigenvalue weighted by Crippen LogP contribution is -2.16. The normalized spacial score (nSPS) is 12.1. The first-order chi connectivity index (χ1) is 11.8. The summed E-state index contributed by atoms with van der Waals surface area (Å²) < 4.78 is 88.1. The molecular formula is C14H6Cl2F5NO3S. The van der Waals surface area contributed by atoms with Crippen LogP contribution in [0.1, 0.15) is 15.9 Å². The van der Waals surface area contributed by atoms with Gasteiger partial charge in [0.1, 0.15) is 10.7 Å². The van der Waals surface area contributed by atoms with E-state index in [1.54, 1.807) is 0 Å². The third-order valence-electron chi connectivity index (χ3n) is 3.04. The molecule has 140 valence electrons. The third-order valence-corrected chi connectivity index (χ3v) is 4.58. The van der Waals surface area contributed by atoms with Crippen molar-refractivity contribution in [2.24, 2.45) is 0 Å². The SMILES string of the molecule is O=C(Nc1ccc(F)c(C(F)(F)F)c1)c1cc(Cl)cc(S(=O)(=O)Cl)c1F. The molecule has 12 heteroatoms. The lowest BCUT2D eigenvalue weighted by molar-refractivity contribution is -0.139. The van der Waals surface area contributed by atoms with Crippen LogP contribution in [0.15, 0.2) is 35.2 Å². The predicted octanol–water partition coefficient (Wildman–Crippen LogP) is 4.82. The Morgan fingerprint density at radius 2 is 1.69 bits per heavy atom.